The molecular formula is C30H36N6O. The second kappa shape index (κ2) is 10.1. The Balaban J connectivity index is 1.26. The van der Waals surface area contributed by atoms with Gasteiger partial charge in [-0.25, -0.2) is 9.97 Å². The van der Waals surface area contributed by atoms with Crippen LogP contribution in [0, 0.1) is 6.92 Å². The molecule has 6 rings (SSSR count). The van der Waals surface area contributed by atoms with Crippen LogP contribution in [0.4, 0.5) is 5.82 Å². The number of nitrogens with two attached hydrogens (primary N) is 1. The zero-order valence-corrected chi connectivity index (χ0v) is 21.8. The molecular weight excluding hydrogens is 460 g/mol. The minimum atomic E-state index is 0.427. The van der Waals surface area contributed by atoms with Gasteiger partial charge in [0.15, 0.2) is 0 Å². The smallest absolute Gasteiger partial charge is 0.146 e. The van der Waals surface area contributed by atoms with Gasteiger partial charge in [-0.3, -0.25) is 4.90 Å². The van der Waals surface area contributed by atoms with Crippen molar-refractivity contribution in [1.82, 2.24) is 24.3 Å². The summed E-state index contributed by atoms with van der Waals surface area (Å²) in [7, 11) is 2.22. The second-order valence-electron chi connectivity index (χ2n) is 10.6. The van der Waals surface area contributed by atoms with Crippen LogP contribution in [-0.4, -0.2) is 63.6 Å². The number of ether oxygens (including phenoxy) is 1. The Morgan fingerprint density at radius 1 is 0.892 bits per heavy atom. The SMILES string of the molecule is Cc1cc(-c2cn(C3CCC(N4CCN(C)CC4)CC3)c3ncnc(N)c23)ccc1Oc1ccccc1. The van der Waals surface area contributed by atoms with E-state index in [1.807, 2.05) is 36.4 Å². The lowest BCUT2D eigenvalue weighted by Crippen LogP contribution is -2.49. The molecule has 7 nitrogen and oxygen atoms in total. The lowest BCUT2D eigenvalue weighted by Gasteiger charge is -2.41. The van der Waals surface area contributed by atoms with Crippen molar-refractivity contribution in [1.29, 1.82) is 0 Å². The maximum absolute atomic E-state index is 6.44. The molecule has 1 saturated heterocycles. The molecule has 1 aliphatic carbocycles. The Kier molecular flexibility index (Phi) is 6.57. The predicted molar refractivity (Wildman–Crippen MR) is 149 cm³/mol. The van der Waals surface area contributed by atoms with Crippen molar-refractivity contribution in [3.05, 3.63) is 66.6 Å². The number of anilines is 1. The van der Waals surface area contributed by atoms with Crippen LogP contribution in [0.15, 0.2) is 61.1 Å². The predicted octanol–water partition coefficient (Wildman–Crippen LogP) is 5.51. The van der Waals surface area contributed by atoms with Gasteiger partial charge in [0, 0.05) is 50.0 Å². The Morgan fingerprint density at radius 2 is 1.62 bits per heavy atom. The fourth-order valence-electron chi connectivity index (χ4n) is 6.04. The zero-order chi connectivity index (χ0) is 25.4. The van der Waals surface area contributed by atoms with Crippen LogP contribution < -0.4 is 10.5 Å². The minimum Gasteiger partial charge on any atom is -0.457 e. The molecule has 2 fully saturated rings. The third kappa shape index (κ3) is 4.81. The summed E-state index contributed by atoms with van der Waals surface area (Å²) in [5.74, 6) is 2.22. The normalized spacial score (nSPS) is 21.4. The van der Waals surface area contributed by atoms with Crippen LogP contribution in [-0.2, 0) is 0 Å². The average Bonchev–Trinajstić information content (AvgIpc) is 3.32. The number of rotatable bonds is 5. The van der Waals surface area contributed by atoms with Gasteiger partial charge in [-0.05, 0) is 75.0 Å². The van der Waals surface area contributed by atoms with Crippen LogP contribution >= 0.6 is 0 Å². The van der Waals surface area contributed by atoms with Crippen molar-refractivity contribution in [3.8, 4) is 22.6 Å². The first kappa shape index (κ1) is 23.9. The Bertz CT molecular complexity index is 1370. The molecule has 3 heterocycles. The lowest BCUT2D eigenvalue weighted by atomic mass is 9.89. The van der Waals surface area contributed by atoms with Crippen LogP contribution in [0.1, 0.15) is 37.3 Å². The van der Waals surface area contributed by atoms with Gasteiger partial charge in [-0.2, -0.15) is 0 Å². The first-order valence-electron chi connectivity index (χ1n) is 13.4. The number of hydrogen-bond donors (Lipinski definition) is 1. The maximum Gasteiger partial charge on any atom is 0.146 e. The summed E-state index contributed by atoms with van der Waals surface area (Å²) in [6, 6.07) is 17.3. The number of likely N-dealkylation sites (N-methyl/N-ethyl adjacent to an activating group) is 1. The molecule has 7 heteroatoms. The quantitative estimate of drug-likeness (QED) is 0.393. The molecule has 2 N–H and O–H groups in total. The molecule has 1 aliphatic heterocycles. The van der Waals surface area contributed by atoms with E-state index in [-0.39, 0.29) is 0 Å². The van der Waals surface area contributed by atoms with E-state index in [0.29, 0.717) is 17.9 Å². The van der Waals surface area contributed by atoms with Gasteiger partial charge in [0.2, 0.25) is 0 Å². The van der Waals surface area contributed by atoms with Crippen molar-refractivity contribution in [3.63, 3.8) is 0 Å². The summed E-state index contributed by atoms with van der Waals surface area (Å²) in [6.07, 6.45) is 8.63. The van der Waals surface area contributed by atoms with Gasteiger partial charge in [0.05, 0.1) is 5.39 Å². The van der Waals surface area contributed by atoms with Crippen LogP contribution in [0.5, 0.6) is 11.5 Å². The van der Waals surface area contributed by atoms with Crippen molar-refractivity contribution in [2.24, 2.45) is 0 Å². The molecule has 2 aromatic carbocycles. The number of hydrogen-bond acceptors (Lipinski definition) is 6. The summed E-state index contributed by atoms with van der Waals surface area (Å²) < 4.78 is 8.48. The number of benzene rings is 2. The number of nitrogen functional groups attached to an aromatic ring is 1. The van der Waals surface area contributed by atoms with Gasteiger partial charge in [0.1, 0.15) is 29.3 Å². The van der Waals surface area contributed by atoms with Gasteiger partial charge < -0.3 is 19.9 Å². The largest absolute Gasteiger partial charge is 0.457 e. The highest BCUT2D eigenvalue weighted by atomic mass is 16.5. The van der Waals surface area contributed by atoms with Crippen molar-refractivity contribution < 1.29 is 4.74 Å². The second-order valence-corrected chi connectivity index (χ2v) is 10.6. The van der Waals surface area contributed by atoms with E-state index in [1.54, 1.807) is 6.33 Å². The van der Waals surface area contributed by atoms with Crippen molar-refractivity contribution >= 4 is 16.9 Å². The molecule has 0 unspecified atom stereocenters. The fourth-order valence-corrected chi connectivity index (χ4v) is 6.04. The number of fused-ring (bicyclic) bond motifs is 1. The molecule has 0 amide bonds. The van der Waals surface area contributed by atoms with Crippen LogP contribution in [0.3, 0.4) is 0 Å². The molecule has 0 bridgehead atoms. The van der Waals surface area contributed by atoms with Crippen molar-refractivity contribution in [2.45, 2.75) is 44.7 Å². The Labute approximate surface area is 218 Å². The summed E-state index contributed by atoms with van der Waals surface area (Å²) >= 11 is 0. The van der Waals surface area contributed by atoms with Gasteiger partial charge in [-0.15, -0.1) is 0 Å². The molecule has 0 radical (unpaired) electrons. The van der Waals surface area contributed by atoms with E-state index in [4.69, 9.17) is 15.5 Å². The topological polar surface area (TPSA) is 72.4 Å². The van der Waals surface area contributed by atoms with E-state index in [1.165, 1.54) is 39.0 Å². The fraction of sp³-hybridized carbons (Fsp3) is 0.400. The molecule has 0 spiro atoms. The highest BCUT2D eigenvalue weighted by Gasteiger charge is 2.30. The number of aromatic nitrogens is 3. The van der Waals surface area contributed by atoms with Crippen LogP contribution in [0.25, 0.3) is 22.2 Å². The third-order valence-electron chi connectivity index (χ3n) is 8.21. The summed E-state index contributed by atoms with van der Waals surface area (Å²) in [5.41, 5.74) is 10.6. The first-order valence-corrected chi connectivity index (χ1v) is 13.4. The van der Waals surface area contributed by atoms with Gasteiger partial charge in [0.25, 0.3) is 0 Å². The zero-order valence-electron chi connectivity index (χ0n) is 21.8. The number of para-hydroxylation sites is 1. The maximum atomic E-state index is 6.44. The molecule has 37 heavy (non-hydrogen) atoms. The number of nitrogens with zero attached hydrogens (tertiary/aromatic N) is 5. The third-order valence-corrected chi connectivity index (χ3v) is 8.21. The van der Waals surface area contributed by atoms with E-state index < -0.39 is 0 Å². The summed E-state index contributed by atoms with van der Waals surface area (Å²) in [4.78, 5) is 14.2. The van der Waals surface area contributed by atoms with Crippen LogP contribution in [0.2, 0.25) is 0 Å². The minimum absolute atomic E-state index is 0.427. The van der Waals surface area contributed by atoms with E-state index in [0.717, 1.165) is 52.1 Å². The Morgan fingerprint density at radius 3 is 2.35 bits per heavy atom. The van der Waals surface area contributed by atoms with Crippen molar-refractivity contribution in [2.75, 3.05) is 39.0 Å². The molecule has 4 aromatic rings. The highest BCUT2D eigenvalue weighted by molar-refractivity contribution is 6.00. The van der Waals surface area contributed by atoms with Gasteiger partial charge >= 0.3 is 0 Å². The standard InChI is InChI=1S/C30H36N6O/c1-21-18-22(8-13-27(21)37-25-6-4-3-5-7-25)26-19-36(30-28(26)29(31)32-20-33-30)24-11-9-23(10-12-24)35-16-14-34(2)15-17-35/h3-8,13,18-20,23-24H,9-12,14-17H2,1-2H3,(H2,31,32,33). The number of piperazine rings is 1. The number of aryl methyl sites for hydroxylation is 1. The summed E-state index contributed by atoms with van der Waals surface area (Å²) in [6.45, 7) is 6.82. The monoisotopic (exact) mass is 496 g/mol. The molecule has 192 valence electrons. The molecule has 2 aliphatic rings. The molecule has 2 aromatic heterocycles. The lowest BCUT2D eigenvalue weighted by molar-refractivity contribution is 0.0828. The van der Waals surface area contributed by atoms with Gasteiger partial charge in [-0.1, -0.05) is 24.3 Å². The molecule has 0 atom stereocenters. The molecule has 1 saturated carbocycles. The first-order chi connectivity index (χ1) is 18.1. The van der Waals surface area contributed by atoms with E-state index in [9.17, 15) is 0 Å². The summed E-state index contributed by atoms with van der Waals surface area (Å²) in [5, 5.41) is 0.944. The average molecular weight is 497 g/mol. The Hall–Kier alpha value is -3.42. The van der Waals surface area contributed by atoms with E-state index >= 15 is 0 Å². The highest BCUT2D eigenvalue weighted by Crippen LogP contribution is 2.40. The van der Waals surface area contributed by atoms with E-state index in [2.05, 4.69) is 51.7 Å².